The van der Waals surface area contributed by atoms with Gasteiger partial charge >= 0.3 is 0 Å². The van der Waals surface area contributed by atoms with Crippen LogP contribution in [-0.4, -0.2) is 18.0 Å². The molecule has 2 saturated carbocycles. The molecular weight excluding hydrogens is 182 g/mol. The van der Waals surface area contributed by atoms with Crippen LogP contribution in [0.5, 0.6) is 0 Å². The summed E-state index contributed by atoms with van der Waals surface area (Å²) >= 11 is 5.91. The van der Waals surface area contributed by atoms with Crippen LogP contribution in [-0.2, 0) is 0 Å². The van der Waals surface area contributed by atoms with Crippen LogP contribution in [0, 0.1) is 5.92 Å². The highest BCUT2D eigenvalue weighted by atomic mass is 35.5. The van der Waals surface area contributed by atoms with E-state index in [1.54, 1.807) is 0 Å². The molecule has 2 aliphatic rings. The number of hydrogen-bond donors (Lipinski definition) is 1. The zero-order valence-corrected chi connectivity index (χ0v) is 9.08. The minimum atomic E-state index is 0.360. The van der Waals surface area contributed by atoms with Gasteiger partial charge in [-0.25, -0.2) is 0 Å². The molecule has 0 amide bonds. The van der Waals surface area contributed by atoms with E-state index < -0.39 is 0 Å². The molecule has 0 aromatic carbocycles. The Bertz CT molecular complexity index is 159. The maximum Gasteiger partial charge on any atom is 0.0406 e. The molecule has 0 aliphatic heterocycles. The molecule has 0 unspecified atom stereocenters. The van der Waals surface area contributed by atoms with Gasteiger partial charge in [-0.15, -0.1) is 11.6 Å². The SMILES string of the molecule is ClCC1(NCC2CCCCC2)CC1. The molecule has 2 rings (SSSR count). The highest BCUT2D eigenvalue weighted by molar-refractivity contribution is 6.18. The summed E-state index contributed by atoms with van der Waals surface area (Å²) in [6.45, 7) is 1.22. The van der Waals surface area contributed by atoms with Crippen molar-refractivity contribution >= 4 is 11.6 Å². The number of nitrogens with one attached hydrogen (secondary N) is 1. The zero-order chi connectivity index (χ0) is 9.15. The molecule has 0 radical (unpaired) electrons. The normalized spacial score (nSPS) is 27.5. The second-order valence-corrected chi connectivity index (χ2v) is 5.07. The van der Waals surface area contributed by atoms with Gasteiger partial charge in [0.2, 0.25) is 0 Å². The Morgan fingerprint density at radius 2 is 1.85 bits per heavy atom. The Morgan fingerprint density at radius 3 is 2.38 bits per heavy atom. The lowest BCUT2D eigenvalue weighted by atomic mass is 9.89. The molecule has 76 valence electrons. The van der Waals surface area contributed by atoms with Crippen molar-refractivity contribution in [2.75, 3.05) is 12.4 Å². The molecule has 2 fully saturated rings. The summed E-state index contributed by atoms with van der Waals surface area (Å²) in [6.07, 6.45) is 9.81. The van der Waals surface area contributed by atoms with E-state index in [4.69, 9.17) is 11.6 Å². The quantitative estimate of drug-likeness (QED) is 0.690. The first-order valence-electron chi connectivity index (χ1n) is 5.66. The van der Waals surface area contributed by atoms with Crippen molar-refractivity contribution < 1.29 is 0 Å². The van der Waals surface area contributed by atoms with Crippen molar-refractivity contribution in [3.63, 3.8) is 0 Å². The fourth-order valence-electron chi connectivity index (χ4n) is 2.26. The van der Waals surface area contributed by atoms with Crippen LogP contribution in [0.15, 0.2) is 0 Å². The lowest BCUT2D eigenvalue weighted by Crippen LogP contribution is -2.37. The summed E-state index contributed by atoms with van der Waals surface area (Å²) in [5.74, 6) is 1.74. The second-order valence-electron chi connectivity index (χ2n) is 4.80. The minimum absolute atomic E-state index is 0.360. The van der Waals surface area contributed by atoms with E-state index >= 15 is 0 Å². The lowest BCUT2D eigenvalue weighted by molar-refractivity contribution is 0.327. The Kier molecular flexibility index (Phi) is 3.15. The first-order chi connectivity index (χ1) is 6.35. The van der Waals surface area contributed by atoms with Gasteiger partial charge in [-0.3, -0.25) is 0 Å². The first kappa shape index (κ1) is 9.79. The van der Waals surface area contributed by atoms with Crippen LogP contribution in [0.1, 0.15) is 44.9 Å². The van der Waals surface area contributed by atoms with Gasteiger partial charge in [-0.2, -0.15) is 0 Å². The molecule has 1 nitrogen and oxygen atoms in total. The Morgan fingerprint density at radius 1 is 1.15 bits per heavy atom. The maximum absolute atomic E-state index is 5.91. The smallest absolute Gasteiger partial charge is 0.0406 e. The van der Waals surface area contributed by atoms with Crippen LogP contribution in [0.25, 0.3) is 0 Å². The second kappa shape index (κ2) is 4.18. The van der Waals surface area contributed by atoms with E-state index in [2.05, 4.69) is 5.32 Å². The summed E-state index contributed by atoms with van der Waals surface area (Å²) in [4.78, 5) is 0. The summed E-state index contributed by atoms with van der Waals surface area (Å²) in [6, 6.07) is 0. The van der Waals surface area contributed by atoms with Crippen LogP contribution < -0.4 is 5.32 Å². The first-order valence-corrected chi connectivity index (χ1v) is 6.19. The Balaban J connectivity index is 1.66. The highest BCUT2D eigenvalue weighted by Crippen LogP contribution is 2.37. The van der Waals surface area contributed by atoms with Crippen molar-refractivity contribution in [3.05, 3.63) is 0 Å². The van der Waals surface area contributed by atoms with E-state index in [0.717, 1.165) is 11.8 Å². The van der Waals surface area contributed by atoms with E-state index in [1.807, 2.05) is 0 Å². The van der Waals surface area contributed by atoms with Gasteiger partial charge < -0.3 is 5.32 Å². The highest BCUT2D eigenvalue weighted by Gasteiger charge is 2.41. The van der Waals surface area contributed by atoms with Crippen molar-refractivity contribution in [1.82, 2.24) is 5.32 Å². The standard InChI is InChI=1S/C11H20ClN/c12-9-11(6-7-11)13-8-10-4-2-1-3-5-10/h10,13H,1-9H2. The van der Waals surface area contributed by atoms with Gasteiger partial charge in [0, 0.05) is 11.4 Å². The van der Waals surface area contributed by atoms with Gasteiger partial charge in [0.05, 0.1) is 0 Å². The third kappa shape index (κ3) is 2.60. The third-order valence-corrected chi connectivity index (χ3v) is 4.11. The van der Waals surface area contributed by atoms with Gasteiger partial charge in [0.15, 0.2) is 0 Å². The fourth-order valence-corrected chi connectivity index (χ4v) is 2.62. The fraction of sp³-hybridized carbons (Fsp3) is 1.00. The largest absolute Gasteiger partial charge is 0.310 e. The van der Waals surface area contributed by atoms with E-state index in [1.165, 1.54) is 51.5 Å². The summed E-state index contributed by atoms with van der Waals surface area (Å²) in [5.41, 5.74) is 0.360. The van der Waals surface area contributed by atoms with Crippen molar-refractivity contribution in [2.45, 2.75) is 50.5 Å². The van der Waals surface area contributed by atoms with Gasteiger partial charge in [-0.1, -0.05) is 19.3 Å². The molecule has 0 bridgehead atoms. The van der Waals surface area contributed by atoms with Crippen LogP contribution >= 0.6 is 11.6 Å². The predicted octanol–water partition coefficient (Wildman–Crippen LogP) is 2.93. The van der Waals surface area contributed by atoms with Gasteiger partial charge in [0.25, 0.3) is 0 Å². The minimum Gasteiger partial charge on any atom is -0.310 e. The molecule has 0 aromatic heterocycles. The average Bonchev–Trinajstić information content (AvgIpc) is 2.97. The van der Waals surface area contributed by atoms with Gasteiger partial charge in [0.1, 0.15) is 0 Å². The number of hydrogen-bond acceptors (Lipinski definition) is 1. The molecule has 0 atom stereocenters. The topological polar surface area (TPSA) is 12.0 Å². The maximum atomic E-state index is 5.91. The average molecular weight is 202 g/mol. The number of alkyl halides is 1. The van der Waals surface area contributed by atoms with Crippen molar-refractivity contribution in [2.24, 2.45) is 5.92 Å². The molecule has 13 heavy (non-hydrogen) atoms. The van der Waals surface area contributed by atoms with Gasteiger partial charge in [-0.05, 0) is 38.1 Å². The lowest BCUT2D eigenvalue weighted by Gasteiger charge is -2.24. The van der Waals surface area contributed by atoms with Crippen molar-refractivity contribution in [3.8, 4) is 0 Å². The molecule has 1 N–H and O–H groups in total. The summed E-state index contributed by atoms with van der Waals surface area (Å²) in [7, 11) is 0. The van der Waals surface area contributed by atoms with E-state index in [-0.39, 0.29) is 0 Å². The zero-order valence-electron chi connectivity index (χ0n) is 8.32. The molecule has 0 aromatic rings. The molecule has 0 heterocycles. The summed E-state index contributed by atoms with van der Waals surface area (Å²) < 4.78 is 0. The molecule has 2 aliphatic carbocycles. The molecular formula is C11H20ClN. The summed E-state index contributed by atoms with van der Waals surface area (Å²) in [5, 5.41) is 3.66. The Hall–Kier alpha value is 0.250. The Labute approximate surface area is 86.2 Å². The third-order valence-electron chi connectivity index (χ3n) is 3.60. The van der Waals surface area contributed by atoms with Crippen LogP contribution in [0.4, 0.5) is 0 Å². The predicted molar refractivity (Wildman–Crippen MR) is 57.3 cm³/mol. The number of halogens is 1. The van der Waals surface area contributed by atoms with Crippen LogP contribution in [0.2, 0.25) is 0 Å². The van der Waals surface area contributed by atoms with E-state index in [9.17, 15) is 0 Å². The molecule has 0 saturated heterocycles. The number of rotatable bonds is 4. The van der Waals surface area contributed by atoms with Crippen LogP contribution in [0.3, 0.4) is 0 Å². The molecule has 0 spiro atoms. The monoisotopic (exact) mass is 201 g/mol. The molecule has 2 heteroatoms. The van der Waals surface area contributed by atoms with Crippen molar-refractivity contribution in [1.29, 1.82) is 0 Å². The van der Waals surface area contributed by atoms with E-state index in [0.29, 0.717) is 5.54 Å².